The van der Waals surface area contributed by atoms with Gasteiger partial charge in [0.05, 0.1) is 6.61 Å². The first-order valence-electron chi connectivity index (χ1n) is 4.55. The smallest absolute Gasteiger partial charge is 0.0653 e. The van der Waals surface area contributed by atoms with Crippen molar-refractivity contribution in [1.82, 2.24) is 4.90 Å². The Morgan fingerprint density at radius 3 is 2.82 bits per heavy atom. The molecule has 0 aromatic heterocycles. The van der Waals surface area contributed by atoms with Crippen LogP contribution in [0.2, 0.25) is 0 Å². The average Bonchev–Trinajstić information content (AvgIpc) is 2.56. The van der Waals surface area contributed by atoms with Crippen LogP contribution in [0.4, 0.5) is 0 Å². The van der Waals surface area contributed by atoms with E-state index >= 15 is 0 Å². The molecule has 0 aromatic rings. The van der Waals surface area contributed by atoms with Crippen LogP contribution in [0.25, 0.3) is 0 Å². The summed E-state index contributed by atoms with van der Waals surface area (Å²) < 4.78 is 5.48. The van der Waals surface area contributed by atoms with E-state index in [-0.39, 0.29) is 0 Å². The summed E-state index contributed by atoms with van der Waals surface area (Å²) in [5.74, 6) is 0.829. The third-order valence-electron chi connectivity index (χ3n) is 3.61. The van der Waals surface area contributed by atoms with Gasteiger partial charge in [0.15, 0.2) is 0 Å². The lowest BCUT2D eigenvalue weighted by atomic mass is 9.86. The van der Waals surface area contributed by atoms with Crippen LogP contribution in [-0.4, -0.2) is 37.2 Å². The largest absolute Gasteiger partial charge is 0.379 e. The van der Waals surface area contributed by atoms with Gasteiger partial charge in [0.25, 0.3) is 0 Å². The zero-order valence-electron chi connectivity index (χ0n) is 7.47. The van der Waals surface area contributed by atoms with Gasteiger partial charge in [-0.25, -0.2) is 0 Å². The van der Waals surface area contributed by atoms with Crippen molar-refractivity contribution in [2.75, 3.05) is 26.8 Å². The molecular weight excluding hydrogens is 138 g/mol. The molecule has 64 valence electrons. The topological polar surface area (TPSA) is 12.5 Å². The highest BCUT2D eigenvalue weighted by atomic mass is 16.5. The summed E-state index contributed by atoms with van der Waals surface area (Å²) in [6, 6.07) is 0. The van der Waals surface area contributed by atoms with Crippen LogP contribution in [0.15, 0.2) is 0 Å². The Hall–Kier alpha value is -0.0800. The fraction of sp³-hybridized carbons (Fsp3) is 1.00. The number of likely N-dealkylation sites (N-methyl/N-ethyl adjacent to an activating group) is 1. The first-order valence-corrected chi connectivity index (χ1v) is 4.55. The summed E-state index contributed by atoms with van der Waals surface area (Å²) in [6.45, 7) is 5.54. The molecule has 0 N–H and O–H groups in total. The van der Waals surface area contributed by atoms with Crippen molar-refractivity contribution in [2.45, 2.75) is 25.3 Å². The Balaban J connectivity index is 2.19. The van der Waals surface area contributed by atoms with E-state index in [1.807, 2.05) is 0 Å². The Morgan fingerprint density at radius 1 is 1.55 bits per heavy atom. The van der Waals surface area contributed by atoms with Crippen LogP contribution < -0.4 is 0 Å². The van der Waals surface area contributed by atoms with Crippen LogP contribution in [0.1, 0.15) is 19.8 Å². The van der Waals surface area contributed by atoms with Crippen molar-refractivity contribution in [2.24, 2.45) is 5.92 Å². The van der Waals surface area contributed by atoms with Gasteiger partial charge in [-0.15, -0.1) is 0 Å². The maximum absolute atomic E-state index is 5.48. The second kappa shape index (κ2) is 2.46. The van der Waals surface area contributed by atoms with E-state index in [1.165, 1.54) is 19.4 Å². The van der Waals surface area contributed by atoms with Crippen molar-refractivity contribution >= 4 is 0 Å². The van der Waals surface area contributed by atoms with Gasteiger partial charge in [0.1, 0.15) is 0 Å². The van der Waals surface area contributed by atoms with E-state index in [9.17, 15) is 0 Å². The second-order valence-corrected chi connectivity index (χ2v) is 4.02. The lowest BCUT2D eigenvalue weighted by Gasteiger charge is -2.33. The van der Waals surface area contributed by atoms with E-state index in [1.54, 1.807) is 0 Å². The molecule has 2 fully saturated rings. The van der Waals surface area contributed by atoms with E-state index in [4.69, 9.17) is 4.74 Å². The summed E-state index contributed by atoms with van der Waals surface area (Å²) in [5.41, 5.74) is 0.417. The molecule has 0 bridgehead atoms. The molecule has 2 aliphatic rings. The zero-order valence-corrected chi connectivity index (χ0v) is 7.47. The van der Waals surface area contributed by atoms with E-state index in [2.05, 4.69) is 18.9 Å². The molecule has 0 unspecified atom stereocenters. The minimum atomic E-state index is 0.417. The van der Waals surface area contributed by atoms with Gasteiger partial charge in [-0.3, -0.25) is 4.90 Å². The molecule has 0 radical (unpaired) electrons. The molecule has 0 saturated carbocycles. The van der Waals surface area contributed by atoms with Crippen molar-refractivity contribution in [3.05, 3.63) is 0 Å². The second-order valence-electron chi connectivity index (χ2n) is 4.02. The highest BCUT2D eigenvalue weighted by molar-refractivity contribution is 5.01. The number of nitrogens with zero attached hydrogens (tertiary/aromatic N) is 1. The van der Waals surface area contributed by atoms with Gasteiger partial charge < -0.3 is 4.74 Å². The summed E-state index contributed by atoms with van der Waals surface area (Å²) >= 11 is 0. The summed E-state index contributed by atoms with van der Waals surface area (Å²) in [5, 5.41) is 0. The van der Waals surface area contributed by atoms with Crippen LogP contribution in [-0.2, 0) is 4.74 Å². The van der Waals surface area contributed by atoms with Crippen LogP contribution in [0.5, 0.6) is 0 Å². The standard InChI is InChI=1S/C9H17NO/c1-8-3-5-10(2)9(8)4-6-11-7-9/h8H,3-7H2,1-2H3/t8-,9+/m1/s1. The van der Waals surface area contributed by atoms with Crippen LogP contribution >= 0.6 is 0 Å². The maximum Gasteiger partial charge on any atom is 0.0653 e. The molecule has 2 heteroatoms. The Bertz CT molecular complexity index is 140. The monoisotopic (exact) mass is 155 g/mol. The molecule has 1 spiro atoms. The predicted molar refractivity (Wildman–Crippen MR) is 44.6 cm³/mol. The van der Waals surface area contributed by atoms with Gasteiger partial charge in [-0.1, -0.05) is 6.92 Å². The molecule has 2 heterocycles. The van der Waals surface area contributed by atoms with Crippen LogP contribution in [0, 0.1) is 5.92 Å². The number of rotatable bonds is 0. The molecule has 2 saturated heterocycles. The highest BCUT2D eigenvalue weighted by Crippen LogP contribution is 2.39. The summed E-state index contributed by atoms with van der Waals surface area (Å²) in [4.78, 5) is 2.49. The fourth-order valence-electron chi connectivity index (χ4n) is 2.51. The normalized spacial score (nSPS) is 45.8. The van der Waals surface area contributed by atoms with E-state index in [0.29, 0.717) is 5.54 Å². The van der Waals surface area contributed by atoms with E-state index in [0.717, 1.165) is 19.1 Å². The van der Waals surface area contributed by atoms with Gasteiger partial charge in [-0.05, 0) is 32.4 Å². The quantitative estimate of drug-likeness (QED) is 0.519. The maximum atomic E-state index is 5.48. The molecule has 2 rings (SSSR count). The molecule has 0 aromatic carbocycles. The minimum Gasteiger partial charge on any atom is -0.379 e. The first kappa shape index (κ1) is 7.56. The molecular formula is C9H17NO. The summed E-state index contributed by atoms with van der Waals surface area (Å²) in [7, 11) is 2.23. The van der Waals surface area contributed by atoms with E-state index < -0.39 is 0 Å². The van der Waals surface area contributed by atoms with Gasteiger partial charge in [0.2, 0.25) is 0 Å². The van der Waals surface area contributed by atoms with Gasteiger partial charge in [-0.2, -0.15) is 0 Å². The lowest BCUT2D eigenvalue weighted by Crippen LogP contribution is -2.45. The number of likely N-dealkylation sites (tertiary alicyclic amines) is 1. The fourth-order valence-corrected chi connectivity index (χ4v) is 2.51. The third-order valence-corrected chi connectivity index (χ3v) is 3.61. The van der Waals surface area contributed by atoms with Crippen molar-refractivity contribution in [3.63, 3.8) is 0 Å². The molecule has 11 heavy (non-hydrogen) atoms. The minimum absolute atomic E-state index is 0.417. The Labute approximate surface area is 68.5 Å². The van der Waals surface area contributed by atoms with Crippen LogP contribution in [0.3, 0.4) is 0 Å². The SMILES string of the molecule is C[C@@H]1CCN(C)[C@]12CCOC2. The number of hydrogen-bond donors (Lipinski definition) is 0. The number of hydrogen-bond acceptors (Lipinski definition) is 2. The molecule has 2 atom stereocenters. The average molecular weight is 155 g/mol. The highest BCUT2D eigenvalue weighted by Gasteiger charge is 2.46. The van der Waals surface area contributed by atoms with Crippen molar-refractivity contribution < 1.29 is 4.74 Å². The summed E-state index contributed by atoms with van der Waals surface area (Å²) in [6.07, 6.45) is 2.59. The first-order chi connectivity index (χ1) is 5.26. The molecule has 2 aliphatic heterocycles. The third kappa shape index (κ3) is 0.926. The molecule has 0 aliphatic carbocycles. The molecule has 0 amide bonds. The van der Waals surface area contributed by atoms with Crippen molar-refractivity contribution in [3.8, 4) is 0 Å². The Morgan fingerprint density at radius 2 is 2.36 bits per heavy atom. The lowest BCUT2D eigenvalue weighted by molar-refractivity contribution is 0.0975. The Kier molecular flexibility index (Phi) is 1.69. The van der Waals surface area contributed by atoms with Gasteiger partial charge in [0, 0.05) is 12.1 Å². The predicted octanol–water partition coefficient (Wildman–Crippen LogP) is 1.12. The molecule has 2 nitrogen and oxygen atoms in total. The van der Waals surface area contributed by atoms with Gasteiger partial charge >= 0.3 is 0 Å². The van der Waals surface area contributed by atoms with Crippen molar-refractivity contribution in [1.29, 1.82) is 0 Å². The zero-order chi connectivity index (χ0) is 7.90. The number of ether oxygens (including phenoxy) is 1.